The van der Waals surface area contributed by atoms with Gasteiger partial charge in [-0.2, -0.15) is 0 Å². The van der Waals surface area contributed by atoms with Gasteiger partial charge >= 0.3 is 6.09 Å². The highest BCUT2D eigenvalue weighted by Crippen LogP contribution is 2.44. The van der Waals surface area contributed by atoms with Crippen LogP contribution in [0.15, 0.2) is 48.5 Å². The van der Waals surface area contributed by atoms with Crippen LogP contribution in [0, 0.1) is 5.92 Å². The molecule has 0 heterocycles. The first-order valence-corrected chi connectivity index (χ1v) is 10.3. The predicted octanol–water partition coefficient (Wildman–Crippen LogP) is 4.85. The summed E-state index contributed by atoms with van der Waals surface area (Å²) in [6.07, 6.45) is 3.29. The highest BCUT2D eigenvalue weighted by molar-refractivity contribution is 5.79. The fraction of sp³-hybridized carbons (Fsp3) is 0.458. The van der Waals surface area contributed by atoms with Crippen LogP contribution in [0.3, 0.4) is 0 Å². The molecule has 148 valence electrons. The summed E-state index contributed by atoms with van der Waals surface area (Å²) in [6, 6.07) is 16.8. The number of aliphatic hydroxyl groups is 1. The van der Waals surface area contributed by atoms with Crippen molar-refractivity contribution in [3.63, 3.8) is 0 Å². The lowest BCUT2D eigenvalue weighted by Gasteiger charge is -2.35. The van der Waals surface area contributed by atoms with Crippen LogP contribution in [0.25, 0.3) is 11.1 Å². The van der Waals surface area contributed by atoms with Crippen LogP contribution in [0.2, 0.25) is 0 Å². The Morgan fingerprint density at radius 2 is 1.54 bits per heavy atom. The van der Waals surface area contributed by atoms with Crippen molar-refractivity contribution >= 4 is 6.09 Å². The van der Waals surface area contributed by atoms with E-state index in [1.54, 1.807) is 0 Å². The summed E-state index contributed by atoms with van der Waals surface area (Å²) < 4.78 is 5.64. The maximum Gasteiger partial charge on any atom is 0.407 e. The average Bonchev–Trinajstić information content (AvgIpc) is 3.00. The maximum absolute atomic E-state index is 12.4. The summed E-state index contributed by atoms with van der Waals surface area (Å²) in [7, 11) is 0. The van der Waals surface area contributed by atoms with Gasteiger partial charge in [-0.3, -0.25) is 0 Å². The van der Waals surface area contributed by atoms with E-state index in [0.29, 0.717) is 12.5 Å². The Labute approximate surface area is 166 Å². The van der Waals surface area contributed by atoms with E-state index in [1.807, 2.05) is 26.0 Å². The lowest BCUT2D eigenvalue weighted by Crippen LogP contribution is -2.42. The quantitative estimate of drug-likeness (QED) is 0.798. The number of hydrogen-bond acceptors (Lipinski definition) is 3. The molecular formula is C24H29NO3. The van der Waals surface area contributed by atoms with Gasteiger partial charge < -0.3 is 15.2 Å². The zero-order valence-corrected chi connectivity index (χ0v) is 16.7. The van der Waals surface area contributed by atoms with Crippen LogP contribution in [0.4, 0.5) is 4.79 Å². The minimum Gasteiger partial charge on any atom is -0.449 e. The molecule has 0 spiro atoms. The average molecular weight is 380 g/mol. The molecule has 4 rings (SSSR count). The van der Waals surface area contributed by atoms with Crippen LogP contribution < -0.4 is 5.32 Å². The maximum atomic E-state index is 12.4. The number of amides is 1. The molecule has 2 aliphatic carbocycles. The molecule has 4 heteroatoms. The van der Waals surface area contributed by atoms with Gasteiger partial charge in [-0.25, -0.2) is 4.79 Å². The molecule has 1 amide bonds. The fourth-order valence-electron chi connectivity index (χ4n) is 4.75. The van der Waals surface area contributed by atoms with Crippen LogP contribution in [-0.4, -0.2) is 29.4 Å². The first kappa shape index (κ1) is 19.0. The minimum atomic E-state index is -0.644. The van der Waals surface area contributed by atoms with Crippen molar-refractivity contribution < 1.29 is 14.6 Å². The number of ether oxygens (including phenoxy) is 1. The molecule has 0 atom stereocenters. The molecule has 0 saturated heterocycles. The highest BCUT2D eigenvalue weighted by Gasteiger charge is 2.32. The predicted molar refractivity (Wildman–Crippen MR) is 110 cm³/mol. The molecule has 2 aromatic carbocycles. The number of carbonyl (C=O) groups excluding carboxylic acids is 1. The van der Waals surface area contributed by atoms with E-state index in [2.05, 4.69) is 41.7 Å². The summed E-state index contributed by atoms with van der Waals surface area (Å²) in [4.78, 5) is 12.4. The fourth-order valence-corrected chi connectivity index (χ4v) is 4.75. The second kappa shape index (κ2) is 7.59. The third-order valence-electron chi connectivity index (χ3n) is 6.39. The Balaban J connectivity index is 1.35. The molecule has 1 saturated carbocycles. The number of nitrogens with one attached hydrogen (secondary N) is 1. The van der Waals surface area contributed by atoms with Gasteiger partial charge in [-0.15, -0.1) is 0 Å². The van der Waals surface area contributed by atoms with E-state index < -0.39 is 5.60 Å². The number of rotatable bonds is 4. The van der Waals surface area contributed by atoms with E-state index in [1.165, 1.54) is 22.3 Å². The topological polar surface area (TPSA) is 58.6 Å². The molecule has 0 aliphatic heterocycles. The number of hydrogen-bond donors (Lipinski definition) is 2. The standard InChI is InChI=1S/C24H29NO3/c1-24(2,27)16-11-13-17(14-12-16)25-23(26)28-15-22-20-9-5-3-7-18(20)19-8-4-6-10-21(19)22/h3-10,16-17,22,27H,11-15H2,1-2H3,(H,25,26). The summed E-state index contributed by atoms with van der Waals surface area (Å²) in [5, 5.41) is 13.2. The van der Waals surface area contributed by atoms with E-state index in [9.17, 15) is 9.90 Å². The van der Waals surface area contributed by atoms with Crippen molar-refractivity contribution in [2.75, 3.05) is 6.61 Å². The lowest BCUT2D eigenvalue weighted by atomic mass is 9.77. The van der Waals surface area contributed by atoms with E-state index in [0.717, 1.165) is 25.7 Å². The Morgan fingerprint density at radius 1 is 1.00 bits per heavy atom. The van der Waals surface area contributed by atoms with Crippen LogP contribution >= 0.6 is 0 Å². The van der Waals surface area contributed by atoms with Crippen molar-refractivity contribution in [3.8, 4) is 11.1 Å². The molecule has 2 aromatic rings. The SMILES string of the molecule is CC(C)(O)C1CCC(NC(=O)OCC2c3ccccc3-c3ccccc32)CC1. The van der Waals surface area contributed by atoms with Gasteiger partial charge in [-0.1, -0.05) is 48.5 Å². The summed E-state index contributed by atoms with van der Waals surface area (Å²) in [5.74, 6) is 0.386. The van der Waals surface area contributed by atoms with Gasteiger partial charge in [0.25, 0.3) is 0 Å². The van der Waals surface area contributed by atoms with Crippen molar-refractivity contribution in [1.29, 1.82) is 0 Å². The van der Waals surface area contributed by atoms with Crippen molar-refractivity contribution in [2.45, 2.75) is 57.1 Å². The zero-order valence-electron chi connectivity index (χ0n) is 16.7. The Hall–Kier alpha value is -2.33. The van der Waals surface area contributed by atoms with Crippen LogP contribution in [0.1, 0.15) is 56.6 Å². The Morgan fingerprint density at radius 3 is 2.07 bits per heavy atom. The van der Waals surface area contributed by atoms with Gasteiger partial charge in [-0.05, 0) is 67.7 Å². The summed E-state index contributed by atoms with van der Waals surface area (Å²) in [6.45, 7) is 4.09. The molecule has 0 bridgehead atoms. The largest absolute Gasteiger partial charge is 0.449 e. The molecule has 2 N–H and O–H groups in total. The van der Waals surface area contributed by atoms with E-state index in [-0.39, 0.29) is 18.1 Å². The second-order valence-electron chi connectivity index (χ2n) is 8.67. The third-order valence-corrected chi connectivity index (χ3v) is 6.39. The van der Waals surface area contributed by atoms with Crippen LogP contribution in [-0.2, 0) is 4.74 Å². The van der Waals surface area contributed by atoms with E-state index in [4.69, 9.17) is 4.74 Å². The monoisotopic (exact) mass is 379 g/mol. The number of benzene rings is 2. The van der Waals surface area contributed by atoms with Crippen molar-refractivity contribution in [1.82, 2.24) is 5.32 Å². The van der Waals surface area contributed by atoms with Crippen molar-refractivity contribution in [2.24, 2.45) is 5.92 Å². The van der Waals surface area contributed by atoms with Gasteiger partial charge in [0.05, 0.1) is 5.60 Å². The summed E-state index contributed by atoms with van der Waals surface area (Å²) >= 11 is 0. The van der Waals surface area contributed by atoms with Crippen LogP contribution in [0.5, 0.6) is 0 Å². The summed E-state index contributed by atoms with van der Waals surface area (Å²) in [5.41, 5.74) is 4.27. The molecule has 2 aliphatic rings. The number of fused-ring (bicyclic) bond motifs is 3. The molecule has 0 aromatic heterocycles. The molecule has 4 nitrogen and oxygen atoms in total. The molecule has 1 fully saturated rings. The van der Waals surface area contributed by atoms with Gasteiger partial charge in [0.1, 0.15) is 6.61 Å². The van der Waals surface area contributed by atoms with E-state index >= 15 is 0 Å². The lowest BCUT2D eigenvalue weighted by molar-refractivity contribution is -0.00280. The Kier molecular flexibility index (Phi) is 5.15. The molecule has 28 heavy (non-hydrogen) atoms. The van der Waals surface area contributed by atoms with Gasteiger partial charge in [0, 0.05) is 12.0 Å². The molecule has 0 radical (unpaired) electrons. The normalized spacial score (nSPS) is 21.7. The van der Waals surface area contributed by atoms with Crippen molar-refractivity contribution in [3.05, 3.63) is 59.7 Å². The number of carbonyl (C=O) groups is 1. The van der Waals surface area contributed by atoms with Gasteiger partial charge in [0.2, 0.25) is 0 Å². The minimum absolute atomic E-state index is 0.0871. The van der Waals surface area contributed by atoms with Gasteiger partial charge in [0.15, 0.2) is 0 Å². The number of alkyl carbamates (subject to hydrolysis) is 1. The smallest absolute Gasteiger partial charge is 0.407 e. The third kappa shape index (κ3) is 3.79. The zero-order chi connectivity index (χ0) is 19.7. The first-order valence-electron chi connectivity index (χ1n) is 10.3. The second-order valence-corrected chi connectivity index (χ2v) is 8.67. The molecular weight excluding hydrogens is 350 g/mol. The molecule has 0 unspecified atom stereocenters. The first-order chi connectivity index (χ1) is 13.4. The Bertz CT molecular complexity index is 801. The highest BCUT2D eigenvalue weighted by atomic mass is 16.5.